The van der Waals surface area contributed by atoms with Gasteiger partial charge in [0, 0.05) is 30.5 Å². The van der Waals surface area contributed by atoms with Crippen molar-refractivity contribution in [2.75, 3.05) is 324 Å². The van der Waals surface area contributed by atoms with E-state index in [0.717, 1.165) is 6.29 Å². The molecular formula is C63H110N2O30. The van der Waals surface area contributed by atoms with Gasteiger partial charge in [0.1, 0.15) is 6.29 Å². The molecule has 0 atom stereocenters. The number of hydroxylamine groups is 2. The maximum absolute atomic E-state index is 12.1. The Hall–Kier alpha value is -3.99. The molecule has 1 aliphatic rings. The number of ether oxygens (including phenoxy) is 24. The summed E-state index contributed by atoms with van der Waals surface area (Å²) in [4.78, 5) is 62.1. The van der Waals surface area contributed by atoms with Crippen LogP contribution in [0.1, 0.15) is 40.0 Å². The van der Waals surface area contributed by atoms with Crippen molar-refractivity contribution < 1.29 is 142 Å². The van der Waals surface area contributed by atoms with Crippen molar-refractivity contribution in [2.45, 2.75) is 19.3 Å². The molecule has 95 heavy (non-hydrogen) atoms. The largest absolute Gasteiger partial charge is 0.378 e. The van der Waals surface area contributed by atoms with Gasteiger partial charge < -0.3 is 124 Å². The maximum Gasteiger partial charge on any atom is 0.335 e. The van der Waals surface area contributed by atoms with E-state index in [1.807, 2.05) is 0 Å². The Kier molecular flexibility index (Phi) is 65.4. The number of nitrogens with zero attached hydrogens (tertiary/aromatic N) is 1. The van der Waals surface area contributed by atoms with Crippen molar-refractivity contribution in [1.82, 2.24) is 10.4 Å². The normalized spacial score (nSPS) is 12.4. The second-order valence-corrected chi connectivity index (χ2v) is 19.5. The highest BCUT2D eigenvalue weighted by molar-refractivity contribution is 6.01. The summed E-state index contributed by atoms with van der Waals surface area (Å²) >= 11 is 0. The van der Waals surface area contributed by atoms with E-state index in [0.29, 0.717) is 327 Å². The average Bonchev–Trinajstić information content (AvgIpc) is 1.89. The molecule has 3 amide bonds. The first-order chi connectivity index (χ1) is 47.0. The van der Waals surface area contributed by atoms with Crippen molar-refractivity contribution in [3.8, 4) is 0 Å². The molecule has 0 radical (unpaired) electrons. The van der Waals surface area contributed by atoms with Gasteiger partial charge in [0.05, 0.1) is 324 Å². The molecule has 0 aromatic heterocycles. The average molecular weight is 1380 g/mol. The maximum atomic E-state index is 12.1. The fraction of sp³-hybridized carbons (Fsp3) is 0.825. The number of rotatable bonds is 78. The molecule has 552 valence electrons. The molecule has 0 saturated carbocycles. The van der Waals surface area contributed by atoms with Crippen LogP contribution in [0.25, 0.3) is 0 Å². The zero-order valence-corrected chi connectivity index (χ0v) is 55.9. The molecule has 32 nitrogen and oxygen atoms in total. The zero-order chi connectivity index (χ0) is 67.7. The van der Waals surface area contributed by atoms with Crippen LogP contribution >= 0.6 is 0 Å². The summed E-state index contributed by atoms with van der Waals surface area (Å²) in [5, 5.41) is 3.28. The summed E-state index contributed by atoms with van der Waals surface area (Å²) in [6.45, 7) is 21.5. The molecule has 0 aliphatic carbocycles. The fourth-order valence-electron chi connectivity index (χ4n) is 7.17. The third-order valence-corrected chi connectivity index (χ3v) is 12.0. The summed E-state index contributed by atoms with van der Waals surface area (Å²) in [5.41, 5.74) is 1.01. The van der Waals surface area contributed by atoms with Gasteiger partial charge in [-0.15, -0.1) is 5.06 Å². The Morgan fingerprint density at radius 1 is 0.295 bits per heavy atom. The summed E-state index contributed by atoms with van der Waals surface area (Å²) in [7, 11) is 0. The minimum atomic E-state index is -0.707. The van der Waals surface area contributed by atoms with Crippen LogP contribution in [0, 0.1) is 0 Å². The molecule has 0 unspecified atom stereocenters. The summed E-state index contributed by atoms with van der Waals surface area (Å²) in [5.74, 6) is -1.96. The predicted molar refractivity (Wildman–Crippen MR) is 336 cm³/mol. The van der Waals surface area contributed by atoms with E-state index in [2.05, 4.69) is 5.32 Å². The van der Waals surface area contributed by atoms with E-state index >= 15 is 0 Å². The van der Waals surface area contributed by atoms with Crippen LogP contribution in [-0.2, 0) is 133 Å². The first kappa shape index (κ1) is 87.1. The molecule has 32 heteroatoms. The second kappa shape index (κ2) is 71.3. The van der Waals surface area contributed by atoms with Gasteiger partial charge in [0.25, 0.3) is 17.7 Å². The van der Waals surface area contributed by atoms with Crippen LogP contribution < -0.4 is 5.32 Å². The van der Waals surface area contributed by atoms with E-state index in [1.165, 1.54) is 0 Å². The Labute approximate surface area is 559 Å². The van der Waals surface area contributed by atoms with E-state index in [4.69, 9.17) is 119 Å². The monoisotopic (exact) mass is 1370 g/mol. The molecule has 1 saturated heterocycles. The smallest absolute Gasteiger partial charge is 0.335 e. The van der Waals surface area contributed by atoms with Gasteiger partial charge in [-0.05, 0) is 12.1 Å². The molecular weight excluding hydrogens is 1260 g/mol. The van der Waals surface area contributed by atoms with Crippen molar-refractivity contribution >= 4 is 30.0 Å². The van der Waals surface area contributed by atoms with E-state index in [-0.39, 0.29) is 38.4 Å². The van der Waals surface area contributed by atoms with Crippen molar-refractivity contribution in [3.05, 3.63) is 35.4 Å². The summed E-state index contributed by atoms with van der Waals surface area (Å²) in [6.07, 6.45) is 0.750. The predicted octanol–water partition coefficient (Wildman–Crippen LogP) is 0.625. The molecule has 1 aliphatic heterocycles. The molecule has 0 bridgehead atoms. The lowest BCUT2D eigenvalue weighted by atomic mass is 10.1. The quantitative estimate of drug-likeness (QED) is 0.0531. The number of hydrogen-bond acceptors (Lipinski definition) is 30. The molecule has 0 spiro atoms. The van der Waals surface area contributed by atoms with E-state index in [9.17, 15) is 24.0 Å². The van der Waals surface area contributed by atoms with Gasteiger partial charge in [-0.1, -0.05) is 12.1 Å². The highest BCUT2D eigenvalue weighted by atomic mass is 16.7. The Morgan fingerprint density at radius 2 is 0.484 bits per heavy atom. The second-order valence-electron chi connectivity index (χ2n) is 19.5. The molecule has 1 N–H and O–H groups in total. The third kappa shape index (κ3) is 60.9. The van der Waals surface area contributed by atoms with Crippen LogP contribution in [0.5, 0.6) is 0 Å². The van der Waals surface area contributed by atoms with Crippen LogP contribution in [0.4, 0.5) is 0 Å². The molecule has 1 aromatic carbocycles. The number of amides is 3. The highest BCUT2D eigenvalue weighted by Crippen LogP contribution is 2.12. The van der Waals surface area contributed by atoms with Crippen LogP contribution in [0.2, 0.25) is 0 Å². The Balaban J connectivity index is 1.09. The first-order valence-electron chi connectivity index (χ1n) is 32.8. The molecule has 1 aromatic rings. The van der Waals surface area contributed by atoms with Crippen molar-refractivity contribution in [2.24, 2.45) is 0 Å². The van der Waals surface area contributed by atoms with E-state index < -0.39 is 17.8 Å². The third-order valence-electron chi connectivity index (χ3n) is 12.0. The number of carbonyl (C=O) groups excluding carboxylic acids is 5. The standard InChI is InChI=1S/C63H110N2O30/c66-57-58-1-3-59(4-2-58)63(70)64-8-10-72-12-14-74-16-18-76-20-22-78-24-26-80-28-30-82-32-34-84-36-38-86-40-42-88-44-46-90-48-50-92-52-54-94-56-55-93-53-51-91-49-47-89-45-43-87-41-39-85-37-35-83-33-31-81-29-27-79-25-23-77-21-19-75-17-15-73-13-11-71-9-7-62(69)95-65-60(67)5-6-61(65)68/h1-4,57H,5-56H2,(H,64,70). The number of hydrogen-bond donors (Lipinski definition) is 1. The lowest BCUT2D eigenvalue weighted by Gasteiger charge is -2.12. The molecule has 1 fully saturated rings. The van der Waals surface area contributed by atoms with Crippen LogP contribution in [-0.4, -0.2) is 359 Å². The van der Waals surface area contributed by atoms with E-state index in [1.54, 1.807) is 24.3 Å². The lowest BCUT2D eigenvalue weighted by Crippen LogP contribution is -2.32. The van der Waals surface area contributed by atoms with Gasteiger partial charge in [-0.3, -0.25) is 19.2 Å². The number of nitrogens with one attached hydrogen (secondary N) is 1. The highest BCUT2D eigenvalue weighted by Gasteiger charge is 2.32. The van der Waals surface area contributed by atoms with Gasteiger partial charge in [0.15, 0.2) is 0 Å². The van der Waals surface area contributed by atoms with Gasteiger partial charge in [-0.25, -0.2) is 4.79 Å². The summed E-state index contributed by atoms with van der Waals surface area (Å²) < 4.78 is 132. The Morgan fingerprint density at radius 3 is 0.684 bits per heavy atom. The molecule has 2 rings (SSSR count). The minimum Gasteiger partial charge on any atom is -0.378 e. The van der Waals surface area contributed by atoms with Gasteiger partial charge >= 0.3 is 5.97 Å². The number of imide groups is 1. The van der Waals surface area contributed by atoms with Gasteiger partial charge in [-0.2, -0.15) is 0 Å². The number of benzene rings is 1. The minimum absolute atomic E-state index is 0.0505. The fourth-order valence-corrected chi connectivity index (χ4v) is 7.17. The number of aldehydes is 1. The van der Waals surface area contributed by atoms with Gasteiger partial charge in [0.2, 0.25) is 0 Å². The Bertz CT molecular complexity index is 1850. The number of carbonyl (C=O) groups is 5. The SMILES string of the molecule is O=Cc1ccc(C(=O)NCCOCCOCCOCCOCCOCCOCCOCCOCCOCCOCCOCCOCCOCCOCCOCCOCCOCCOCCOCCOCCOCCOCCOCCOCCC(=O)ON2C(=O)CCC2=O)cc1. The van der Waals surface area contributed by atoms with Crippen molar-refractivity contribution in [1.29, 1.82) is 0 Å². The van der Waals surface area contributed by atoms with Crippen molar-refractivity contribution in [3.63, 3.8) is 0 Å². The lowest BCUT2D eigenvalue weighted by molar-refractivity contribution is -0.198. The first-order valence-corrected chi connectivity index (χ1v) is 32.8. The van der Waals surface area contributed by atoms with Crippen LogP contribution in [0.15, 0.2) is 24.3 Å². The molecule has 1 heterocycles. The van der Waals surface area contributed by atoms with Crippen LogP contribution in [0.3, 0.4) is 0 Å². The topological polar surface area (TPSA) is 331 Å². The zero-order valence-electron chi connectivity index (χ0n) is 55.9. The summed E-state index contributed by atoms with van der Waals surface area (Å²) in [6, 6.07) is 6.41.